The fourth-order valence-electron chi connectivity index (χ4n) is 2.56. The maximum atomic E-state index is 11.6. The van der Waals surface area contributed by atoms with Gasteiger partial charge < -0.3 is 18.9 Å². The molecular formula is C18H20O5. The van der Waals surface area contributed by atoms with Gasteiger partial charge in [0.2, 0.25) is 0 Å². The lowest BCUT2D eigenvalue weighted by Crippen LogP contribution is -2.00. The van der Waals surface area contributed by atoms with Gasteiger partial charge in [-0.1, -0.05) is 0 Å². The molecule has 0 aliphatic heterocycles. The van der Waals surface area contributed by atoms with Gasteiger partial charge in [0.15, 0.2) is 6.29 Å². The van der Waals surface area contributed by atoms with Crippen molar-refractivity contribution < 1.29 is 23.7 Å². The quantitative estimate of drug-likeness (QED) is 0.763. The summed E-state index contributed by atoms with van der Waals surface area (Å²) in [5, 5.41) is 0. The van der Waals surface area contributed by atoms with Crippen LogP contribution in [0, 0.1) is 6.92 Å². The number of methoxy groups -OCH3 is 4. The maximum Gasteiger partial charge on any atom is 0.154 e. The summed E-state index contributed by atoms with van der Waals surface area (Å²) >= 11 is 0. The number of ether oxygens (including phenoxy) is 4. The minimum Gasteiger partial charge on any atom is -0.497 e. The van der Waals surface area contributed by atoms with E-state index in [0.717, 1.165) is 17.4 Å². The summed E-state index contributed by atoms with van der Waals surface area (Å²) < 4.78 is 21.4. The van der Waals surface area contributed by atoms with Crippen molar-refractivity contribution in [3.05, 3.63) is 35.4 Å². The van der Waals surface area contributed by atoms with E-state index >= 15 is 0 Å². The third kappa shape index (κ3) is 3.08. The lowest BCUT2D eigenvalue weighted by molar-refractivity contribution is 0.112. The van der Waals surface area contributed by atoms with Crippen molar-refractivity contribution in [3.8, 4) is 34.1 Å². The molecule has 0 saturated carbocycles. The summed E-state index contributed by atoms with van der Waals surface area (Å²) in [4.78, 5) is 11.6. The van der Waals surface area contributed by atoms with Crippen molar-refractivity contribution in [2.75, 3.05) is 28.4 Å². The molecule has 2 aromatic rings. The molecule has 5 nitrogen and oxygen atoms in total. The van der Waals surface area contributed by atoms with Crippen LogP contribution in [-0.2, 0) is 0 Å². The Kier molecular flexibility index (Phi) is 5.11. The molecule has 2 aromatic carbocycles. The lowest BCUT2D eigenvalue weighted by atomic mass is 9.94. The number of rotatable bonds is 6. The minimum atomic E-state index is 0.444. The number of benzene rings is 2. The van der Waals surface area contributed by atoms with Gasteiger partial charge in [0.25, 0.3) is 0 Å². The van der Waals surface area contributed by atoms with Crippen molar-refractivity contribution in [2.45, 2.75) is 6.92 Å². The first kappa shape index (κ1) is 16.7. The van der Waals surface area contributed by atoms with Crippen LogP contribution in [0.3, 0.4) is 0 Å². The smallest absolute Gasteiger partial charge is 0.154 e. The fourth-order valence-corrected chi connectivity index (χ4v) is 2.56. The van der Waals surface area contributed by atoms with Gasteiger partial charge in [-0.3, -0.25) is 4.79 Å². The van der Waals surface area contributed by atoms with Gasteiger partial charge in [-0.25, -0.2) is 0 Å². The first-order valence-corrected chi connectivity index (χ1v) is 7.03. The Morgan fingerprint density at radius 2 is 1.35 bits per heavy atom. The Labute approximate surface area is 135 Å². The number of hydrogen-bond acceptors (Lipinski definition) is 5. The van der Waals surface area contributed by atoms with Crippen LogP contribution in [0.1, 0.15) is 15.9 Å². The first-order valence-electron chi connectivity index (χ1n) is 7.03. The summed E-state index contributed by atoms with van der Waals surface area (Å²) in [5.41, 5.74) is 2.85. The minimum absolute atomic E-state index is 0.444. The molecule has 0 aromatic heterocycles. The van der Waals surface area contributed by atoms with Gasteiger partial charge in [-0.15, -0.1) is 0 Å². The third-order valence-electron chi connectivity index (χ3n) is 3.69. The molecule has 23 heavy (non-hydrogen) atoms. The zero-order chi connectivity index (χ0) is 17.0. The Morgan fingerprint density at radius 1 is 0.783 bits per heavy atom. The second kappa shape index (κ2) is 7.05. The molecule has 0 heterocycles. The van der Waals surface area contributed by atoms with Gasteiger partial charge in [-0.05, 0) is 24.6 Å². The van der Waals surface area contributed by atoms with Gasteiger partial charge in [0, 0.05) is 23.3 Å². The predicted molar refractivity (Wildman–Crippen MR) is 88.2 cm³/mol. The van der Waals surface area contributed by atoms with E-state index in [2.05, 4.69) is 0 Å². The Morgan fingerprint density at radius 3 is 1.87 bits per heavy atom. The van der Waals surface area contributed by atoms with Crippen LogP contribution in [0.4, 0.5) is 0 Å². The zero-order valence-electron chi connectivity index (χ0n) is 13.9. The molecule has 0 fully saturated rings. The average molecular weight is 316 g/mol. The molecule has 0 atom stereocenters. The van der Waals surface area contributed by atoms with Crippen LogP contribution in [0.25, 0.3) is 11.1 Å². The van der Waals surface area contributed by atoms with E-state index < -0.39 is 0 Å². The molecule has 0 aliphatic carbocycles. The lowest BCUT2D eigenvalue weighted by Gasteiger charge is -2.18. The second-order valence-electron chi connectivity index (χ2n) is 4.93. The van der Waals surface area contributed by atoms with Crippen LogP contribution in [-0.4, -0.2) is 34.7 Å². The number of carbonyl (C=O) groups excluding carboxylic acids is 1. The van der Waals surface area contributed by atoms with Crippen LogP contribution in [0.15, 0.2) is 24.3 Å². The molecule has 0 amide bonds. The van der Waals surface area contributed by atoms with Crippen molar-refractivity contribution in [2.24, 2.45) is 0 Å². The largest absolute Gasteiger partial charge is 0.497 e. The highest BCUT2D eigenvalue weighted by Gasteiger charge is 2.19. The molecule has 0 aliphatic rings. The molecule has 122 valence electrons. The zero-order valence-corrected chi connectivity index (χ0v) is 13.9. The molecule has 0 spiro atoms. The molecule has 0 radical (unpaired) electrons. The summed E-state index contributed by atoms with van der Waals surface area (Å²) in [6.07, 6.45) is 0.775. The summed E-state index contributed by atoms with van der Waals surface area (Å²) in [6.45, 7) is 1.93. The average Bonchev–Trinajstić information content (AvgIpc) is 2.59. The van der Waals surface area contributed by atoms with E-state index in [1.165, 1.54) is 7.11 Å². The molecule has 0 N–H and O–H groups in total. The molecule has 0 bridgehead atoms. The molecule has 5 heteroatoms. The fraction of sp³-hybridized carbons (Fsp3) is 0.278. The van der Waals surface area contributed by atoms with Crippen molar-refractivity contribution >= 4 is 6.29 Å². The monoisotopic (exact) mass is 316 g/mol. The summed E-state index contributed by atoms with van der Waals surface area (Å²) in [6, 6.07) is 7.14. The van der Waals surface area contributed by atoms with Crippen molar-refractivity contribution in [1.82, 2.24) is 0 Å². The highest BCUT2D eigenvalue weighted by molar-refractivity contribution is 5.94. The van der Waals surface area contributed by atoms with Crippen LogP contribution >= 0.6 is 0 Å². The maximum absolute atomic E-state index is 11.6. The number of aryl methyl sites for hydroxylation is 1. The standard InChI is InChI=1S/C18H20O5/c1-11-6-12(20-2)9-17(23-5)18(11)14-7-13(21-3)8-16(22-4)15(14)10-19/h6-10H,1-5H3. The SMILES string of the molecule is COc1cc(C)c(-c2cc(OC)cc(OC)c2C=O)c(OC)c1. The molecular weight excluding hydrogens is 296 g/mol. The number of aldehydes is 1. The van der Waals surface area contributed by atoms with E-state index in [1.54, 1.807) is 39.5 Å². The molecule has 2 rings (SSSR count). The van der Waals surface area contributed by atoms with Crippen LogP contribution in [0.5, 0.6) is 23.0 Å². The number of hydrogen-bond donors (Lipinski definition) is 0. The highest BCUT2D eigenvalue weighted by atomic mass is 16.5. The number of carbonyl (C=O) groups is 1. The molecule has 0 unspecified atom stereocenters. The van der Waals surface area contributed by atoms with E-state index in [1.807, 2.05) is 13.0 Å². The summed E-state index contributed by atoms with van der Waals surface area (Å²) in [5.74, 6) is 2.34. The third-order valence-corrected chi connectivity index (χ3v) is 3.69. The van der Waals surface area contributed by atoms with E-state index in [9.17, 15) is 4.79 Å². The van der Waals surface area contributed by atoms with Gasteiger partial charge in [0.1, 0.15) is 23.0 Å². The van der Waals surface area contributed by atoms with E-state index in [-0.39, 0.29) is 0 Å². The van der Waals surface area contributed by atoms with Crippen LogP contribution < -0.4 is 18.9 Å². The van der Waals surface area contributed by atoms with E-state index in [4.69, 9.17) is 18.9 Å². The topological polar surface area (TPSA) is 54.0 Å². The van der Waals surface area contributed by atoms with Crippen LogP contribution in [0.2, 0.25) is 0 Å². The van der Waals surface area contributed by atoms with Gasteiger partial charge in [-0.2, -0.15) is 0 Å². The Hall–Kier alpha value is -2.69. The van der Waals surface area contributed by atoms with Crippen molar-refractivity contribution in [1.29, 1.82) is 0 Å². The summed E-state index contributed by atoms with van der Waals surface area (Å²) in [7, 11) is 6.26. The Bertz CT molecular complexity index is 722. The first-order chi connectivity index (χ1) is 11.1. The second-order valence-corrected chi connectivity index (χ2v) is 4.93. The van der Waals surface area contributed by atoms with E-state index in [0.29, 0.717) is 34.1 Å². The normalized spacial score (nSPS) is 10.1. The van der Waals surface area contributed by atoms with Gasteiger partial charge in [0.05, 0.1) is 34.0 Å². The Balaban J connectivity index is 2.82. The highest BCUT2D eigenvalue weighted by Crippen LogP contribution is 2.42. The predicted octanol–water partition coefficient (Wildman–Crippen LogP) is 3.51. The molecule has 0 saturated heterocycles. The van der Waals surface area contributed by atoms with Gasteiger partial charge >= 0.3 is 0 Å². The van der Waals surface area contributed by atoms with Crippen molar-refractivity contribution in [3.63, 3.8) is 0 Å².